The van der Waals surface area contributed by atoms with Crippen molar-refractivity contribution in [2.75, 3.05) is 6.54 Å². The number of nitrogens with one attached hydrogen (secondary N) is 1. The van der Waals surface area contributed by atoms with Crippen LogP contribution in [-0.4, -0.2) is 23.7 Å². The number of halogens is 1. The molecule has 0 bridgehead atoms. The molecule has 1 saturated carbocycles. The number of benzene rings is 1. The molecule has 0 heterocycles. The lowest BCUT2D eigenvalue weighted by atomic mass is 10.1. The van der Waals surface area contributed by atoms with E-state index in [-0.39, 0.29) is 17.8 Å². The molecule has 1 fully saturated rings. The van der Waals surface area contributed by atoms with Gasteiger partial charge in [0.05, 0.1) is 6.10 Å². The van der Waals surface area contributed by atoms with Crippen LogP contribution in [0, 0.1) is 11.7 Å². The molecule has 2 unspecified atom stereocenters. The summed E-state index contributed by atoms with van der Waals surface area (Å²) in [5.74, 6) is 0.170. The average molecular weight is 265 g/mol. The molecule has 104 valence electrons. The SMILES string of the molecule is O=C(CCc1ccc(F)cc1)NCC1CCC(O)C1. The first-order chi connectivity index (χ1) is 9.13. The molecule has 3 nitrogen and oxygen atoms in total. The monoisotopic (exact) mass is 265 g/mol. The van der Waals surface area contributed by atoms with E-state index in [2.05, 4.69) is 5.32 Å². The number of carbonyl (C=O) groups excluding carboxylic acids is 1. The van der Waals surface area contributed by atoms with Gasteiger partial charge in [0.15, 0.2) is 0 Å². The van der Waals surface area contributed by atoms with Gasteiger partial charge in [-0.3, -0.25) is 4.79 Å². The standard InChI is InChI=1S/C15H20FNO2/c16-13-5-1-11(2-6-13)4-8-15(19)17-10-12-3-7-14(18)9-12/h1-2,5-6,12,14,18H,3-4,7-10H2,(H,17,19). The highest BCUT2D eigenvalue weighted by Gasteiger charge is 2.22. The van der Waals surface area contributed by atoms with Crippen LogP contribution in [0.4, 0.5) is 4.39 Å². The first-order valence-electron chi connectivity index (χ1n) is 6.82. The Bertz CT molecular complexity index is 419. The minimum Gasteiger partial charge on any atom is -0.393 e. The van der Waals surface area contributed by atoms with Gasteiger partial charge in [-0.2, -0.15) is 0 Å². The second-order valence-electron chi connectivity index (χ2n) is 5.26. The van der Waals surface area contributed by atoms with Crippen molar-refractivity contribution in [2.24, 2.45) is 5.92 Å². The number of carbonyl (C=O) groups is 1. The third kappa shape index (κ3) is 4.63. The van der Waals surface area contributed by atoms with Gasteiger partial charge in [-0.1, -0.05) is 12.1 Å². The molecule has 2 N–H and O–H groups in total. The Morgan fingerprint density at radius 2 is 2.05 bits per heavy atom. The highest BCUT2D eigenvalue weighted by atomic mass is 19.1. The summed E-state index contributed by atoms with van der Waals surface area (Å²) in [6, 6.07) is 6.23. The molecule has 1 amide bonds. The first-order valence-corrected chi connectivity index (χ1v) is 6.82. The van der Waals surface area contributed by atoms with Gasteiger partial charge in [-0.15, -0.1) is 0 Å². The van der Waals surface area contributed by atoms with Crippen LogP contribution in [0.25, 0.3) is 0 Å². The number of aliphatic hydroxyl groups is 1. The van der Waals surface area contributed by atoms with Gasteiger partial charge < -0.3 is 10.4 Å². The van der Waals surface area contributed by atoms with Crippen molar-refractivity contribution in [2.45, 2.75) is 38.2 Å². The largest absolute Gasteiger partial charge is 0.393 e. The summed E-state index contributed by atoms with van der Waals surface area (Å²) >= 11 is 0. The Morgan fingerprint density at radius 1 is 1.32 bits per heavy atom. The Hall–Kier alpha value is -1.42. The molecule has 2 rings (SSSR count). The predicted octanol–water partition coefficient (Wildman–Crippen LogP) is 2.04. The summed E-state index contributed by atoms with van der Waals surface area (Å²) in [6.07, 6.45) is 3.47. The van der Waals surface area contributed by atoms with Crippen molar-refractivity contribution in [3.8, 4) is 0 Å². The van der Waals surface area contributed by atoms with Crippen LogP contribution in [0.3, 0.4) is 0 Å². The van der Waals surface area contributed by atoms with Gasteiger partial charge in [0.25, 0.3) is 0 Å². The molecule has 2 atom stereocenters. The third-order valence-electron chi connectivity index (χ3n) is 3.66. The van der Waals surface area contributed by atoms with Gasteiger partial charge in [-0.05, 0) is 49.3 Å². The van der Waals surface area contributed by atoms with Gasteiger partial charge in [0.2, 0.25) is 5.91 Å². The van der Waals surface area contributed by atoms with Crippen molar-refractivity contribution in [1.29, 1.82) is 0 Å². The topological polar surface area (TPSA) is 49.3 Å². The smallest absolute Gasteiger partial charge is 0.220 e. The average Bonchev–Trinajstić information content (AvgIpc) is 2.81. The summed E-state index contributed by atoms with van der Waals surface area (Å²) in [7, 11) is 0. The minimum absolute atomic E-state index is 0.0192. The first kappa shape index (κ1) is 14.0. The van der Waals surface area contributed by atoms with E-state index in [1.807, 2.05) is 0 Å². The maximum absolute atomic E-state index is 12.7. The van der Waals surface area contributed by atoms with E-state index in [1.54, 1.807) is 12.1 Å². The van der Waals surface area contributed by atoms with Gasteiger partial charge in [0.1, 0.15) is 5.82 Å². The van der Waals surface area contributed by atoms with E-state index in [0.717, 1.165) is 24.8 Å². The van der Waals surface area contributed by atoms with Crippen molar-refractivity contribution in [3.05, 3.63) is 35.6 Å². The highest BCUT2D eigenvalue weighted by molar-refractivity contribution is 5.76. The van der Waals surface area contributed by atoms with Crippen LogP contribution in [0.5, 0.6) is 0 Å². The summed E-state index contributed by atoms with van der Waals surface area (Å²) in [5.41, 5.74) is 0.966. The molecule has 1 aromatic carbocycles. The molecule has 1 aromatic rings. The molecule has 0 spiro atoms. The summed E-state index contributed by atoms with van der Waals surface area (Å²) in [6.45, 7) is 0.652. The fourth-order valence-corrected chi connectivity index (χ4v) is 2.49. The van der Waals surface area contributed by atoms with E-state index < -0.39 is 0 Å². The van der Waals surface area contributed by atoms with E-state index in [4.69, 9.17) is 0 Å². The van der Waals surface area contributed by atoms with Crippen molar-refractivity contribution in [1.82, 2.24) is 5.32 Å². The minimum atomic E-state index is -0.256. The van der Waals surface area contributed by atoms with Crippen LogP contribution in [0.15, 0.2) is 24.3 Å². The van der Waals surface area contributed by atoms with Crippen molar-refractivity contribution >= 4 is 5.91 Å². The zero-order chi connectivity index (χ0) is 13.7. The van der Waals surface area contributed by atoms with Crippen molar-refractivity contribution in [3.63, 3.8) is 0 Å². The molecular weight excluding hydrogens is 245 g/mol. The van der Waals surface area contributed by atoms with E-state index in [9.17, 15) is 14.3 Å². The molecule has 0 saturated heterocycles. The number of aliphatic hydroxyl groups excluding tert-OH is 1. The van der Waals surface area contributed by atoms with E-state index >= 15 is 0 Å². The lowest BCUT2D eigenvalue weighted by Crippen LogP contribution is -2.28. The second-order valence-corrected chi connectivity index (χ2v) is 5.26. The maximum atomic E-state index is 12.7. The van der Waals surface area contributed by atoms with Gasteiger partial charge in [-0.25, -0.2) is 4.39 Å². The Morgan fingerprint density at radius 3 is 2.68 bits per heavy atom. The Kier molecular flexibility index (Phi) is 4.91. The molecular formula is C15H20FNO2. The second kappa shape index (κ2) is 6.66. The van der Waals surface area contributed by atoms with Crippen molar-refractivity contribution < 1.29 is 14.3 Å². The number of hydrogen-bond donors (Lipinski definition) is 2. The highest BCUT2D eigenvalue weighted by Crippen LogP contribution is 2.24. The molecule has 1 aliphatic rings. The summed E-state index contributed by atoms with van der Waals surface area (Å²) in [4.78, 5) is 11.7. The summed E-state index contributed by atoms with van der Waals surface area (Å²) < 4.78 is 12.7. The van der Waals surface area contributed by atoms with Crippen LogP contribution in [-0.2, 0) is 11.2 Å². The molecule has 0 aromatic heterocycles. The fourth-order valence-electron chi connectivity index (χ4n) is 2.49. The van der Waals surface area contributed by atoms with E-state index in [0.29, 0.717) is 25.3 Å². The molecule has 4 heteroatoms. The van der Waals surface area contributed by atoms with E-state index in [1.165, 1.54) is 12.1 Å². The van der Waals surface area contributed by atoms with Crippen LogP contribution in [0.1, 0.15) is 31.2 Å². The Labute approximate surface area is 112 Å². The van der Waals surface area contributed by atoms with Crippen LogP contribution in [0.2, 0.25) is 0 Å². The molecule has 19 heavy (non-hydrogen) atoms. The van der Waals surface area contributed by atoms with Crippen LogP contribution >= 0.6 is 0 Å². The number of aryl methyl sites for hydroxylation is 1. The zero-order valence-corrected chi connectivity index (χ0v) is 10.9. The molecule has 0 aliphatic heterocycles. The zero-order valence-electron chi connectivity index (χ0n) is 10.9. The Balaban J connectivity index is 1.65. The predicted molar refractivity (Wildman–Crippen MR) is 71.1 cm³/mol. The molecule has 1 aliphatic carbocycles. The number of amides is 1. The van der Waals surface area contributed by atoms with Crippen LogP contribution < -0.4 is 5.32 Å². The lowest BCUT2D eigenvalue weighted by Gasteiger charge is -2.10. The fraction of sp³-hybridized carbons (Fsp3) is 0.533. The third-order valence-corrected chi connectivity index (χ3v) is 3.66. The number of rotatable bonds is 5. The normalized spacial score (nSPS) is 22.4. The lowest BCUT2D eigenvalue weighted by molar-refractivity contribution is -0.121. The number of hydrogen-bond acceptors (Lipinski definition) is 2. The maximum Gasteiger partial charge on any atom is 0.220 e. The summed E-state index contributed by atoms with van der Waals surface area (Å²) in [5, 5.41) is 12.3. The quantitative estimate of drug-likeness (QED) is 0.856. The molecule has 0 radical (unpaired) electrons. The van der Waals surface area contributed by atoms with Gasteiger partial charge >= 0.3 is 0 Å². The van der Waals surface area contributed by atoms with Gasteiger partial charge in [0, 0.05) is 13.0 Å².